The Balaban J connectivity index is 2.08. The van der Waals surface area contributed by atoms with Crippen molar-refractivity contribution < 1.29 is 25.8 Å². The van der Waals surface area contributed by atoms with Crippen molar-refractivity contribution in [1.29, 1.82) is 0 Å². The molecule has 2 rings (SSSR count). The van der Waals surface area contributed by atoms with Gasteiger partial charge in [-0.1, -0.05) is 17.7 Å². The number of rotatable bonds is 4. The van der Waals surface area contributed by atoms with E-state index in [1.54, 1.807) is 19.1 Å². The predicted octanol–water partition coefficient (Wildman–Crippen LogP) is 2.57. The summed E-state index contributed by atoms with van der Waals surface area (Å²) in [6.07, 6.45) is -3.26. The van der Waals surface area contributed by atoms with Crippen molar-refractivity contribution in [3.63, 3.8) is 0 Å². The van der Waals surface area contributed by atoms with Crippen LogP contribution in [0.15, 0.2) is 41.6 Å². The molecule has 21 heavy (non-hydrogen) atoms. The van der Waals surface area contributed by atoms with E-state index in [0.29, 0.717) is 12.4 Å². The molecule has 0 spiro atoms. The molecule has 0 radical (unpaired) electrons. The molecule has 1 aromatic heterocycles. The molecule has 0 bridgehead atoms. The Bertz CT molecular complexity index is 721. The maximum Gasteiger partial charge on any atom is 0.419 e. The van der Waals surface area contributed by atoms with Crippen LogP contribution >= 0.6 is 0 Å². The van der Waals surface area contributed by atoms with E-state index in [9.17, 15) is 21.6 Å². The predicted molar refractivity (Wildman–Crippen MR) is 66.7 cm³/mol. The Morgan fingerprint density at radius 1 is 1.24 bits per heavy atom. The number of nitrogens with zero attached hydrogens (tertiary/aromatic N) is 2. The monoisotopic (exact) mass is 320 g/mol. The molecule has 0 amide bonds. The van der Waals surface area contributed by atoms with Gasteiger partial charge in [0.2, 0.25) is 0 Å². The third-order valence-electron chi connectivity index (χ3n) is 2.61. The van der Waals surface area contributed by atoms with E-state index < -0.39 is 28.6 Å². The lowest BCUT2D eigenvalue weighted by molar-refractivity contribution is -0.137. The van der Waals surface area contributed by atoms with Crippen molar-refractivity contribution in [2.75, 3.05) is 0 Å². The zero-order valence-corrected chi connectivity index (χ0v) is 11.6. The van der Waals surface area contributed by atoms with E-state index in [1.807, 2.05) is 0 Å². The number of aryl methyl sites for hydroxylation is 1. The van der Waals surface area contributed by atoms with Gasteiger partial charge in [-0.05, 0) is 19.1 Å². The molecule has 0 saturated carbocycles. The van der Waals surface area contributed by atoms with Crippen molar-refractivity contribution in [1.82, 2.24) is 9.78 Å². The van der Waals surface area contributed by atoms with Gasteiger partial charge in [0.15, 0.2) is 6.73 Å². The summed E-state index contributed by atoms with van der Waals surface area (Å²) in [5.41, 5.74) is -0.102. The zero-order chi connectivity index (χ0) is 15.7. The van der Waals surface area contributed by atoms with Gasteiger partial charge in [0.25, 0.3) is 10.1 Å². The molecular weight excluding hydrogens is 309 g/mol. The van der Waals surface area contributed by atoms with Crippen LogP contribution in [0.25, 0.3) is 0 Å². The van der Waals surface area contributed by atoms with E-state index in [0.717, 1.165) is 10.2 Å². The first-order valence-electron chi connectivity index (χ1n) is 5.74. The summed E-state index contributed by atoms with van der Waals surface area (Å²) >= 11 is 0. The molecule has 0 saturated heterocycles. The minimum Gasteiger partial charge on any atom is -0.245 e. The second-order valence-electron chi connectivity index (χ2n) is 4.28. The molecule has 5 nitrogen and oxygen atoms in total. The van der Waals surface area contributed by atoms with Crippen LogP contribution in [0, 0.1) is 6.92 Å². The molecule has 9 heteroatoms. The largest absolute Gasteiger partial charge is 0.419 e. The van der Waals surface area contributed by atoms with Crippen molar-refractivity contribution >= 4 is 10.1 Å². The number of aromatic nitrogens is 2. The SMILES string of the molecule is Cc1ccc(S(=O)(=O)OCn2cc(C(F)(F)F)cn2)cc1. The van der Waals surface area contributed by atoms with Crippen LogP contribution < -0.4 is 0 Å². The lowest BCUT2D eigenvalue weighted by Gasteiger charge is -2.06. The summed E-state index contributed by atoms with van der Waals surface area (Å²) in [4.78, 5) is -0.0729. The maximum atomic E-state index is 12.4. The van der Waals surface area contributed by atoms with Crippen LogP contribution in [0.5, 0.6) is 0 Å². The Morgan fingerprint density at radius 2 is 1.86 bits per heavy atom. The fourth-order valence-electron chi connectivity index (χ4n) is 1.48. The van der Waals surface area contributed by atoms with E-state index in [-0.39, 0.29) is 4.90 Å². The molecule has 1 aromatic carbocycles. The Kier molecular flexibility index (Phi) is 4.06. The summed E-state index contributed by atoms with van der Waals surface area (Å²) in [5.74, 6) is 0. The molecule has 2 aromatic rings. The van der Waals surface area contributed by atoms with Gasteiger partial charge in [-0.3, -0.25) is 0 Å². The van der Waals surface area contributed by atoms with E-state index in [1.165, 1.54) is 12.1 Å². The first-order valence-corrected chi connectivity index (χ1v) is 7.15. The topological polar surface area (TPSA) is 61.2 Å². The van der Waals surface area contributed by atoms with Gasteiger partial charge >= 0.3 is 6.18 Å². The third-order valence-corrected chi connectivity index (χ3v) is 3.88. The van der Waals surface area contributed by atoms with Crippen LogP contribution in [0.3, 0.4) is 0 Å². The van der Waals surface area contributed by atoms with Gasteiger partial charge in [0.05, 0.1) is 16.7 Å². The maximum absolute atomic E-state index is 12.4. The van der Waals surface area contributed by atoms with Gasteiger partial charge in [0, 0.05) is 6.20 Å². The fraction of sp³-hybridized carbons (Fsp3) is 0.250. The van der Waals surface area contributed by atoms with E-state index >= 15 is 0 Å². The molecule has 1 heterocycles. The summed E-state index contributed by atoms with van der Waals surface area (Å²) in [5, 5.41) is 3.40. The molecule has 0 aliphatic rings. The minimum absolute atomic E-state index is 0.0729. The van der Waals surface area contributed by atoms with Gasteiger partial charge in [-0.2, -0.15) is 26.7 Å². The molecule has 0 aliphatic heterocycles. The van der Waals surface area contributed by atoms with E-state index in [2.05, 4.69) is 9.28 Å². The van der Waals surface area contributed by atoms with Gasteiger partial charge < -0.3 is 0 Å². The molecule has 0 atom stereocenters. The highest BCUT2D eigenvalue weighted by atomic mass is 32.2. The Morgan fingerprint density at radius 3 is 2.38 bits per heavy atom. The molecule has 0 N–H and O–H groups in total. The highest BCUT2D eigenvalue weighted by Gasteiger charge is 2.32. The summed E-state index contributed by atoms with van der Waals surface area (Å²) in [7, 11) is -4.04. The standard InChI is InChI=1S/C12H11F3N2O3S/c1-9-2-4-11(5-3-9)21(18,19)20-8-17-7-10(6-16-17)12(13,14)15/h2-7H,8H2,1H3. The first kappa shape index (κ1) is 15.5. The zero-order valence-electron chi connectivity index (χ0n) is 10.8. The van der Waals surface area contributed by atoms with Crippen LogP contribution in [0.4, 0.5) is 13.2 Å². The molecule has 0 unspecified atom stereocenters. The summed E-state index contributed by atoms with van der Waals surface area (Å²) < 4.78 is 66.2. The summed E-state index contributed by atoms with van der Waals surface area (Å²) in [6, 6.07) is 5.89. The Labute approximate surface area is 119 Å². The van der Waals surface area contributed by atoms with Crippen molar-refractivity contribution in [3.05, 3.63) is 47.8 Å². The molecule has 0 aliphatic carbocycles. The van der Waals surface area contributed by atoms with Crippen LogP contribution in [-0.2, 0) is 27.2 Å². The van der Waals surface area contributed by atoms with Gasteiger partial charge in [-0.15, -0.1) is 0 Å². The lowest BCUT2D eigenvalue weighted by Crippen LogP contribution is -2.11. The molecular formula is C12H11F3N2O3S. The van der Waals surface area contributed by atoms with E-state index in [4.69, 9.17) is 0 Å². The average Bonchev–Trinajstić information content (AvgIpc) is 2.86. The number of halogens is 3. The van der Waals surface area contributed by atoms with Gasteiger partial charge in [-0.25, -0.2) is 8.86 Å². The molecule has 0 fully saturated rings. The second kappa shape index (κ2) is 5.49. The smallest absolute Gasteiger partial charge is 0.245 e. The van der Waals surface area contributed by atoms with Crippen molar-refractivity contribution in [3.8, 4) is 0 Å². The third kappa shape index (κ3) is 3.82. The van der Waals surface area contributed by atoms with Crippen LogP contribution in [-0.4, -0.2) is 18.2 Å². The van der Waals surface area contributed by atoms with Crippen molar-refractivity contribution in [2.24, 2.45) is 0 Å². The number of hydrogen-bond acceptors (Lipinski definition) is 4. The van der Waals surface area contributed by atoms with Crippen LogP contribution in [0.2, 0.25) is 0 Å². The minimum atomic E-state index is -4.53. The van der Waals surface area contributed by atoms with Crippen molar-refractivity contribution in [2.45, 2.75) is 24.7 Å². The number of benzene rings is 1. The number of alkyl halides is 3. The van der Waals surface area contributed by atoms with Gasteiger partial charge in [0.1, 0.15) is 0 Å². The first-order chi connectivity index (χ1) is 9.68. The average molecular weight is 320 g/mol. The lowest BCUT2D eigenvalue weighted by atomic mass is 10.2. The number of hydrogen-bond donors (Lipinski definition) is 0. The highest BCUT2D eigenvalue weighted by Crippen LogP contribution is 2.28. The second-order valence-corrected chi connectivity index (χ2v) is 5.90. The summed E-state index contributed by atoms with van der Waals surface area (Å²) in [6.45, 7) is 1.16. The fourth-order valence-corrected chi connectivity index (χ4v) is 2.33. The van der Waals surface area contributed by atoms with Crippen LogP contribution in [0.1, 0.15) is 11.1 Å². The Hall–Kier alpha value is -1.87. The highest BCUT2D eigenvalue weighted by molar-refractivity contribution is 7.86. The molecule has 114 valence electrons. The quantitative estimate of drug-likeness (QED) is 0.812. The normalized spacial score (nSPS) is 12.6.